The molecular formula is C58H78N12O10S. The largest absolute Gasteiger partial charge is 0.391 e. The highest BCUT2D eigenvalue weighted by molar-refractivity contribution is 7.13. The highest BCUT2D eigenvalue weighted by Crippen LogP contribution is 2.33. The van der Waals surface area contributed by atoms with Crippen molar-refractivity contribution in [2.24, 2.45) is 5.41 Å². The van der Waals surface area contributed by atoms with E-state index < -0.39 is 29.5 Å². The van der Waals surface area contributed by atoms with Gasteiger partial charge in [0.05, 0.1) is 91.9 Å². The number of ketones is 1. The van der Waals surface area contributed by atoms with E-state index in [9.17, 15) is 33.9 Å². The van der Waals surface area contributed by atoms with E-state index in [1.54, 1.807) is 35.2 Å². The smallest absolute Gasteiger partial charge is 0.263 e. The van der Waals surface area contributed by atoms with E-state index in [-0.39, 0.29) is 92.5 Å². The number of aliphatic hydroxyl groups excluding tert-OH is 1. The van der Waals surface area contributed by atoms with Crippen molar-refractivity contribution in [3.63, 3.8) is 0 Å². The summed E-state index contributed by atoms with van der Waals surface area (Å²) >= 11 is 1.57. The molecule has 81 heavy (non-hydrogen) atoms. The molecule has 1 unspecified atom stereocenters. The number of aryl methyl sites for hydroxylation is 2. The topological polar surface area (TPSA) is 265 Å². The lowest BCUT2D eigenvalue weighted by atomic mass is 9.85. The van der Waals surface area contributed by atoms with Crippen LogP contribution in [0.25, 0.3) is 21.5 Å². The fourth-order valence-electron chi connectivity index (χ4n) is 10.7. The van der Waals surface area contributed by atoms with Gasteiger partial charge in [-0.15, -0.1) is 11.3 Å². The van der Waals surface area contributed by atoms with Crippen LogP contribution in [0.15, 0.2) is 59.1 Å². The summed E-state index contributed by atoms with van der Waals surface area (Å²) in [4.78, 5) is 105. The number of aromatic nitrogens is 5. The van der Waals surface area contributed by atoms with Crippen molar-refractivity contribution >= 4 is 69.2 Å². The Morgan fingerprint density at radius 1 is 0.840 bits per heavy atom. The van der Waals surface area contributed by atoms with Crippen LogP contribution in [0, 0.1) is 19.3 Å². The first-order valence-corrected chi connectivity index (χ1v) is 29.0. The fourth-order valence-corrected chi connectivity index (χ4v) is 11.5. The number of Topliss-reactive ketones (excluding diaryl/α,β-unsaturated/α-hetero) is 1. The minimum absolute atomic E-state index is 0.00731. The predicted molar refractivity (Wildman–Crippen MR) is 309 cm³/mol. The number of rotatable bonds is 25. The third-order valence-corrected chi connectivity index (χ3v) is 16.2. The van der Waals surface area contributed by atoms with Crippen molar-refractivity contribution in [3.05, 3.63) is 87.0 Å². The maximum absolute atomic E-state index is 14.1. The summed E-state index contributed by atoms with van der Waals surface area (Å²) < 4.78 is 18.6. The number of β-amino-alcohol motifs (C(OH)–C–C–N with tert-alkyl or cyclic N) is 1. The summed E-state index contributed by atoms with van der Waals surface area (Å²) in [7, 11) is 0. The first-order chi connectivity index (χ1) is 38.9. The normalized spacial score (nSPS) is 17.8. The lowest BCUT2D eigenvalue weighted by Gasteiger charge is -2.35. The Labute approximate surface area is 476 Å². The second-order valence-corrected chi connectivity index (χ2v) is 23.1. The maximum atomic E-state index is 14.1. The van der Waals surface area contributed by atoms with Crippen LogP contribution in [0.2, 0.25) is 0 Å². The van der Waals surface area contributed by atoms with Crippen molar-refractivity contribution in [2.75, 3.05) is 95.7 Å². The quantitative estimate of drug-likeness (QED) is 0.0379. The molecule has 8 rings (SSSR count). The number of carbonyl (C=O) groups is 5. The van der Waals surface area contributed by atoms with Crippen LogP contribution < -0.4 is 31.7 Å². The fraction of sp³-hybridized carbons (Fsp3) is 0.552. The second-order valence-electron chi connectivity index (χ2n) is 22.2. The summed E-state index contributed by atoms with van der Waals surface area (Å²) in [5.41, 5.74) is 5.97. The first kappa shape index (κ1) is 60.3. The summed E-state index contributed by atoms with van der Waals surface area (Å²) in [5, 5.41) is 23.3. The van der Waals surface area contributed by atoms with Gasteiger partial charge in [-0.05, 0) is 74.8 Å². The van der Waals surface area contributed by atoms with Gasteiger partial charge in [-0.25, -0.2) is 15.0 Å². The molecule has 2 saturated heterocycles. The van der Waals surface area contributed by atoms with Crippen molar-refractivity contribution in [1.82, 2.24) is 50.3 Å². The van der Waals surface area contributed by atoms with Gasteiger partial charge in [0.25, 0.3) is 5.56 Å². The van der Waals surface area contributed by atoms with E-state index >= 15 is 0 Å². The highest BCUT2D eigenvalue weighted by atomic mass is 32.1. The van der Waals surface area contributed by atoms with Crippen LogP contribution in [0.1, 0.15) is 112 Å². The number of likely N-dealkylation sites (tertiary alicyclic amines) is 1. The average Bonchev–Trinajstić information content (AvgIpc) is 4.30. The number of ether oxygens (including phenoxy) is 3. The van der Waals surface area contributed by atoms with Crippen LogP contribution in [0.4, 0.5) is 17.5 Å². The number of hydrogen-bond acceptors (Lipinski definition) is 18. The van der Waals surface area contributed by atoms with Crippen molar-refractivity contribution < 1.29 is 43.3 Å². The minimum Gasteiger partial charge on any atom is -0.391 e. The molecule has 23 heteroatoms. The molecule has 5 aromatic rings. The van der Waals surface area contributed by atoms with Crippen molar-refractivity contribution in [2.45, 2.75) is 117 Å². The Balaban J connectivity index is 0.663. The SMILES string of the molecule is CC(=O)c1c(C)c2cnc(Nc3ccc(N4CCN(CC(=O)NCCOCCOCCOCCC(=O)NC(C(=O)N5C[C@H](O)C[C@H]5C(=O)N[C@@H](C)c5ccc(-c6scnc6C)cc5)C(C)(C)C)CC4)cn3)nc2n(C2CCCC2)c1=O. The van der Waals surface area contributed by atoms with Crippen molar-refractivity contribution in [3.8, 4) is 10.4 Å². The Morgan fingerprint density at radius 3 is 2.17 bits per heavy atom. The lowest BCUT2D eigenvalue weighted by Crippen LogP contribution is -2.58. The first-order valence-electron chi connectivity index (χ1n) is 28.1. The summed E-state index contributed by atoms with van der Waals surface area (Å²) in [6, 6.07) is 9.54. The van der Waals surface area contributed by atoms with Crippen molar-refractivity contribution in [1.29, 1.82) is 0 Å². The van der Waals surface area contributed by atoms with Gasteiger partial charge in [-0.2, -0.15) is 4.98 Å². The molecule has 4 aromatic heterocycles. The Morgan fingerprint density at radius 2 is 1.53 bits per heavy atom. The number of amides is 4. The second kappa shape index (κ2) is 27.8. The number of benzene rings is 1. The molecule has 1 aliphatic carbocycles. The number of nitrogens with one attached hydrogen (secondary N) is 4. The minimum atomic E-state index is -0.951. The zero-order valence-electron chi connectivity index (χ0n) is 47.6. The van der Waals surface area contributed by atoms with Gasteiger partial charge < -0.3 is 50.4 Å². The molecule has 0 bridgehead atoms. The number of fused-ring (bicyclic) bond motifs is 1. The molecule has 4 atom stereocenters. The Hall–Kier alpha value is -6.76. The zero-order valence-corrected chi connectivity index (χ0v) is 48.4. The van der Waals surface area contributed by atoms with Crippen LogP contribution in [0.5, 0.6) is 0 Å². The number of nitrogens with zero attached hydrogens (tertiary/aromatic N) is 8. The molecule has 22 nitrogen and oxygen atoms in total. The average molecular weight is 1140 g/mol. The highest BCUT2D eigenvalue weighted by Gasteiger charge is 2.45. The number of piperazine rings is 1. The number of thiazole rings is 1. The number of hydrogen-bond donors (Lipinski definition) is 5. The number of aliphatic hydroxyl groups is 1. The molecule has 1 saturated carbocycles. The zero-order chi connectivity index (χ0) is 57.8. The molecule has 1 aromatic carbocycles. The Bertz CT molecular complexity index is 3040. The van der Waals surface area contributed by atoms with Gasteiger partial charge in [0, 0.05) is 69.7 Å². The lowest BCUT2D eigenvalue weighted by molar-refractivity contribution is -0.144. The number of carbonyl (C=O) groups excluding carboxylic acids is 5. The van der Waals surface area contributed by atoms with Gasteiger partial charge in [-0.1, -0.05) is 57.9 Å². The molecule has 3 fully saturated rings. The molecule has 2 aliphatic heterocycles. The van der Waals surface area contributed by atoms with Gasteiger partial charge in [0.15, 0.2) is 5.78 Å². The van der Waals surface area contributed by atoms with Gasteiger partial charge in [-0.3, -0.25) is 38.2 Å². The van der Waals surface area contributed by atoms with E-state index in [4.69, 9.17) is 19.2 Å². The van der Waals surface area contributed by atoms with Crippen LogP contribution in [0.3, 0.4) is 0 Å². The van der Waals surface area contributed by atoms with E-state index in [0.29, 0.717) is 67.8 Å². The molecule has 0 spiro atoms. The molecule has 0 radical (unpaired) electrons. The third-order valence-electron chi connectivity index (χ3n) is 15.2. The predicted octanol–water partition coefficient (Wildman–Crippen LogP) is 5.04. The van der Waals surface area contributed by atoms with Gasteiger partial charge >= 0.3 is 0 Å². The number of anilines is 3. The van der Waals surface area contributed by atoms with Crippen LogP contribution in [-0.2, 0) is 33.4 Å². The molecule has 436 valence electrons. The van der Waals surface area contributed by atoms with Gasteiger partial charge in [0.1, 0.15) is 23.5 Å². The summed E-state index contributed by atoms with van der Waals surface area (Å²) in [6.45, 7) is 17.7. The number of pyridine rings is 2. The van der Waals surface area contributed by atoms with Gasteiger partial charge in [0.2, 0.25) is 29.6 Å². The standard InChI is InChI=1S/C58H78N12O10S/c1-36-45-32-61-57(66-53(45)70(42-10-8-9-11-42)55(76)50(36)39(4)71)64-47-17-16-43(31-60-47)68-22-20-67(21-23-68)34-49(74)59-19-25-79-27-29-80-28-26-78-24-18-48(73)65-52(58(5,6)7)56(77)69-33-44(72)30-46(69)54(75)63-37(2)40-12-14-41(15-13-40)51-38(3)62-35-81-51/h12-17,31-32,35,37,42,44,46,52,72H,8-11,18-30,33-34H2,1-7H3,(H,59,74)(H,63,75)(H,65,73)(H,60,61,64,66)/t37-,44+,46-,52?/m0/s1. The molecule has 6 heterocycles. The summed E-state index contributed by atoms with van der Waals surface area (Å²) in [5.74, 6) is -0.665. The van der Waals surface area contributed by atoms with E-state index in [0.717, 1.165) is 66.2 Å². The third kappa shape index (κ3) is 15.6. The Kier molecular flexibility index (Phi) is 20.7. The van der Waals surface area contributed by atoms with Crippen LogP contribution in [-0.4, -0.2) is 172 Å². The van der Waals surface area contributed by atoms with E-state index in [1.807, 2.05) is 76.5 Å². The molecule has 5 N–H and O–H groups in total. The van der Waals surface area contributed by atoms with Crippen LogP contribution >= 0.6 is 11.3 Å². The molecule has 4 amide bonds. The van der Waals surface area contributed by atoms with E-state index in [2.05, 4.69) is 46.0 Å². The maximum Gasteiger partial charge on any atom is 0.263 e. The molecule has 3 aliphatic rings. The van der Waals surface area contributed by atoms with E-state index in [1.165, 1.54) is 11.8 Å². The summed E-state index contributed by atoms with van der Waals surface area (Å²) in [6.07, 6.45) is 6.44. The molecular weight excluding hydrogens is 1060 g/mol. The monoisotopic (exact) mass is 1130 g/mol.